The Hall–Kier alpha value is -3.53. The maximum atomic E-state index is 13.1. The maximum Gasteiger partial charge on any atom is 0.410 e. The first kappa shape index (κ1) is 23.6. The molecule has 4 rings (SSSR count). The van der Waals surface area contributed by atoms with Crippen molar-refractivity contribution in [2.24, 2.45) is 0 Å². The third-order valence-corrected chi connectivity index (χ3v) is 7.59. The fraction of sp³-hybridized carbons (Fsp3) is 0.200. The van der Waals surface area contributed by atoms with Crippen LogP contribution in [0.4, 0.5) is 10.5 Å². The summed E-state index contributed by atoms with van der Waals surface area (Å²) in [5.74, 6) is -0.360. The molecule has 3 aromatic rings. The van der Waals surface area contributed by atoms with Crippen LogP contribution in [-0.2, 0) is 30.7 Å². The van der Waals surface area contributed by atoms with Crippen molar-refractivity contribution in [1.82, 2.24) is 9.21 Å². The van der Waals surface area contributed by atoms with Crippen molar-refractivity contribution in [2.75, 3.05) is 31.5 Å². The van der Waals surface area contributed by atoms with Gasteiger partial charge in [0.2, 0.25) is 10.8 Å². The van der Waals surface area contributed by atoms with E-state index in [9.17, 15) is 18.4 Å². The van der Waals surface area contributed by atoms with E-state index < -0.39 is 16.5 Å². The SMILES string of the molecule is C=CC(=O)Nc1ccc([S+](=O)(O)N2CCN(C(=O)OCc3ccc4ccccc4c3)CC2)cc1. The Morgan fingerprint density at radius 3 is 2.35 bits per heavy atom. The average molecular weight is 481 g/mol. The third kappa shape index (κ3) is 5.33. The quantitative estimate of drug-likeness (QED) is 0.408. The molecule has 1 atom stereocenters. The van der Waals surface area contributed by atoms with Gasteiger partial charge in [0.15, 0.2) is 0 Å². The minimum absolute atomic E-state index is 0.162. The molecule has 8 nitrogen and oxygen atoms in total. The molecular weight excluding hydrogens is 454 g/mol. The number of carbonyl (C=O) groups excluding carboxylic acids is 2. The summed E-state index contributed by atoms with van der Waals surface area (Å²) in [6.45, 7) is 4.57. The number of amides is 2. The van der Waals surface area contributed by atoms with Crippen molar-refractivity contribution < 1.29 is 23.1 Å². The third-order valence-electron chi connectivity index (χ3n) is 5.64. The van der Waals surface area contributed by atoms with E-state index in [2.05, 4.69) is 11.9 Å². The minimum Gasteiger partial charge on any atom is -0.445 e. The summed E-state index contributed by atoms with van der Waals surface area (Å²) in [5.41, 5.74) is 1.40. The molecule has 1 aliphatic heterocycles. The minimum atomic E-state index is -3.47. The van der Waals surface area contributed by atoms with E-state index >= 15 is 0 Å². The summed E-state index contributed by atoms with van der Waals surface area (Å²) in [6.07, 6.45) is 0.703. The van der Waals surface area contributed by atoms with Gasteiger partial charge in [-0.15, -0.1) is 0 Å². The molecule has 1 saturated heterocycles. The fourth-order valence-corrected chi connectivity index (χ4v) is 5.19. The molecule has 0 aliphatic carbocycles. The van der Waals surface area contributed by atoms with Crippen molar-refractivity contribution in [3.8, 4) is 0 Å². The Labute approximate surface area is 199 Å². The van der Waals surface area contributed by atoms with Gasteiger partial charge >= 0.3 is 16.5 Å². The highest BCUT2D eigenvalue weighted by molar-refractivity contribution is 7.95. The molecular formula is C25H26N3O5S+. The van der Waals surface area contributed by atoms with E-state index in [-0.39, 0.29) is 43.6 Å². The van der Waals surface area contributed by atoms with Crippen molar-refractivity contribution in [2.45, 2.75) is 11.5 Å². The van der Waals surface area contributed by atoms with E-state index in [0.717, 1.165) is 22.4 Å². The summed E-state index contributed by atoms with van der Waals surface area (Å²) >= 11 is 0. The topological polar surface area (TPSA) is 99.2 Å². The van der Waals surface area contributed by atoms with E-state index in [0.29, 0.717) is 5.69 Å². The monoisotopic (exact) mass is 480 g/mol. The highest BCUT2D eigenvalue weighted by Gasteiger charge is 2.41. The van der Waals surface area contributed by atoms with Crippen molar-refractivity contribution in [3.05, 3.63) is 84.9 Å². The number of hydrogen-bond donors (Lipinski definition) is 2. The van der Waals surface area contributed by atoms with Crippen LogP contribution < -0.4 is 5.32 Å². The zero-order valence-corrected chi connectivity index (χ0v) is 19.4. The highest BCUT2D eigenvalue weighted by Crippen LogP contribution is 2.25. The van der Waals surface area contributed by atoms with Gasteiger partial charge in [0.1, 0.15) is 6.61 Å². The Kier molecular flexibility index (Phi) is 7.06. The largest absolute Gasteiger partial charge is 0.445 e. The number of carbonyl (C=O) groups is 2. The second-order valence-corrected chi connectivity index (χ2v) is 9.85. The van der Waals surface area contributed by atoms with E-state index in [4.69, 9.17) is 4.74 Å². The smallest absolute Gasteiger partial charge is 0.410 e. The van der Waals surface area contributed by atoms with E-state index in [1.165, 1.54) is 16.4 Å². The van der Waals surface area contributed by atoms with Crippen LogP contribution in [0.1, 0.15) is 5.56 Å². The van der Waals surface area contributed by atoms with Crippen LogP contribution >= 0.6 is 0 Å². The summed E-state index contributed by atoms with van der Waals surface area (Å²) in [5, 5.41) is 4.80. The van der Waals surface area contributed by atoms with Gasteiger partial charge < -0.3 is 15.0 Å². The summed E-state index contributed by atoms with van der Waals surface area (Å²) in [7, 11) is -3.47. The normalized spacial score (nSPS) is 16.0. The van der Waals surface area contributed by atoms with Crippen molar-refractivity contribution in [1.29, 1.82) is 0 Å². The van der Waals surface area contributed by atoms with Crippen LogP contribution in [-0.4, -0.2) is 51.9 Å². The molecule has 0 spiro atoms. The number of anilines is 1. The molecule has 2 N–H and O–H groups in total. The zero-order valence-electron chi connectivity index (χ0n) is 18.6. The molecule has 34 heavy (non-hydrogen) atoms. The molecule has 0 bridgehead atoms. The van der Waals surface area contributed by atoms with Crippen LogP contribution in [0.5, 0.6) is 0 Å². The molecule has 3 aromatic carbocycles. The van der Waals surface area contributed by atoms with Crippen molar-refractivity contribution >= 4 is 38.9 Å². The van der Waals surface area contributed by atoms with E-state index in [1.54, 1.807) is 17.0 Å². The number of nitrogens with zero attached hydrogens (tertiary/aromatic N) is 2. The molecule has 1 fully saturated rings. The number of hydrogen-bond acceptors (Lipinski definition) is 4. The van der Waals surface area contributed by atoms with Crippen LogP contribution in [0, 0.1) is 0 Å². The Morgan fingerprint density at radius 1 is 1.00 bits per heavy atom. The summed E-state index contributed by atoms with van der Waals surface area (Å²) < 4.78 is 30.7. The number of piperazine rings is 1. The standard InChI is InChI=1S/C25H25N3O5S/c1-2-24(29)26-22-9-11-23(12-10-22)34(31,32)28-15-13-27(14-16-28)25(30)33-18-19-7-8-20-5-3-4-6-21(20)17-19/h2-12,17H,1,13-16,18H2,(H-,26,29,31,32)/p+1. The first-order chi connectivity index (χ1) is 16.4. The zero-order chi connectivity index (χ0) is 24.1. The van der Waals surface area contributed by atoms with Gasteiger partial charge in [-0.05, 0) is 44.8 Å². The number of nitrogens with one attached hydrogen (secondary N) is 1. The summed E-state index contributed by atoms with van der Waals surface area (Å²) in [6, 6.07) is 20.0. The molecule has 9 heteroatoms. The fourth-order valence-electron chi connectivity index (χ4n) is 3.74. The van der Waals surface area contributed by atoms with Crippen LogP contribution in [0.2, 0.25) is 0 Å². The maximum absolute atomic E-state index is 13.1. The number of benzene rings is 3. The van der Waals surface area contributed by atoms with Crippen LogP contribution in [0.15, 0.2) is 84.3 Å². The Bertz CT molecular complexity index is 1250. The molecule has 0 saturated carbocycles. The second-order valence-electron chi connectivity index (χ2n) is 7.87. The Morgan fingerprint density at radius 2 is 1.68 bits per heavy atom. The molecule has 1 unspecified atom stereocenters. The van der Waals surface area contributed by atoms with Crippen LogP contribution in [0.3, 0.4) is 0 Å². The highest BCUT2D eigenvalue weighted by atomic mass is 32.3. The predicted molar refractivity (Wildman–Crippen MR) is 131 cm³/mol. The number of ether oxygens (including phenoxy) is 1. The lowest BCUT2D eigenvalue weighted by Gasteiger charge is -2.31. The van der Waals surface area contributed by atoms with Gasteiger partial charge in [0.05, 0.1) is 13.1 Å². The van der Waals surface area contributed by atoms with Gasteiger partial charge in [-0.1, -0.05) is 47.3 Å². The second kappa shape index (κ2) is 10.2. The molecule has 1 heterocycles. The first-order valence-corrected chi connectivity index (χ1v) is 12.3. The van der Waals surface area contributed by atoms with Gasteiger partial charge in [-0.3, -0.25) is 4.79 Å². The molecule has 2 amide bonds. The van der Waals surface area contributed by atoms with Gasteiger partial charge in [-0.25, -0.2) is 4.79 Å². The predicted octanol–water partition coefficient (Wildman–Crippen LogP) is 4.17. The number of fused-ring (bicyclic) bond motifs is 1. The van der Waals surface area contributed by atoms with Gasteiger partial charge in [0.25, 0.3) is 0 Å². The number of rotatable bonds is 6. The lowest BCUT2D eigenvalue weighted by atomic mass is 10.1. The van der Waals surface area contributed by atoms with Gasteiger partial charge in [-0.2, -0.15) is 4.55 Å². The van der Waals surface area contributed by atoms with E-state index in [1.807, 2.05) is 42.5 Å². The summed E-state index contributed by atoms with van der Waals surface area (Å²) in [4.78, 5) is 25.7. The Balaban J connectivity index is 1.30. The lowest BCUT2D eigenvalue weighted by molar-refractivity contribution is -0.111. The van der Waals surface area contributed by atoms with Crippen molar-refractivity contribution in [3.63, 3.8) is 0 Å². The van der Waals surface area contributed by atoms with Gasteiger partial charge in [0, 0.05) is 30.9 Å². The lowest BCUT2D eigenvalue weighted by Crippen LogP contribution is -2.52. The molecule has 176 valence electrons. The molecule has 0 aromatic heterocycles. The molecule has 1 aliphatic rings. The first-order valence-electron chi connectivity index (χ1n) is 10.8. The molecule has 0 radical (unpaired) electrons. The van der Waals surface area contributed by atoms with Crippen LogP contribution in [0.25, 0.3) is 10.8 Å². The average Bonchev–Trinajstić information content (AvgIpc) is 2.87.